The lowest BCUT2D eigenvalue weighted by molar-refractivity contribution is -0.119. The van der Waals surface area contributed by atoms with Gasteiger partial charge in [-0.05, 0) is 22.3 Å². The van der Waals surface area contributed by atoms with Crippen molar-refractivity contribution in [2.75, 3.05) is 19.8 Å². The highest BCUT2D eigenvalue weighted by Gasteiger charge is 2.28. The maximum absolute atomic E-state index is 12.1. The summed E-state index contributed by atoms with van der Waals surface area (Å²) >= 11 is 0. The number of carbonyl (C=O) groups is 2. The standard InChI is InChI=1S/C18H16FNO3/c19-9-12(21)10-20-18(22)23-11-17-15-7-3-1-5-13(15)14-6-2-4-8-16(14)17/h1-8,17H,9-11H2,(H,20,22). The minimum atomic E-state index is -1.09. The Morgan fingerprint density at radius 2 is 1.57 bits per heavy atom. The van der Waals surface area contributed by atoms with E-state index in [1.165, 1.54) is 0 Å². The first-order valence-corrected chi connectivity index (χ1v) is 7.37. The molecule has 1 aliphatic carbocycles. The molecule has 2 aromatic rings. The van der Waals surface area contributed by atoms with Gasteiger partial charge in [0.2, 0.25) is 0 Å². The molecule has 0 aliphatic heterocycles. The number of ether oxygens (including phenoxy) is 1. The molecule has 0 spiro atoms. The first-order chi connectivity index (χ1) is 11.2. The minimum absolute atomic E-state index is 0.0370. The SMILES string of the molecule is O=C(CF)CNC(=O)OCC1c2ccccc2-c2ccccc21. The van der Waals surface area contributed by atoms with Gasteiger partial charge in [0.25, 0.3) is 0 Å². The van der Waals surface area contributed by atoms with Gasteiger partial charge in [-0.1, -0.05) is 48.5 Å². The molecule has 23 heavy (non-hydrogen) atoms. The molecule has 0 unspecified atom stereocenters. The summed E-state index contributed by atoms with van der Waals surface area (Å²) in [5, 5.41) is 2.25. The monoisotopic (exact) mass is 313 g/mol. The number of alkyl carbamates (subject to hydrolysis) is 1. The molecule has 5 heteroatoms. The van der Waals surface area contributed by atoms with Crippen molar-refractivity contribution < 1.29 is 18.7 Å². The van der Waals surface area contributed by atoms with Gasteiger partial charge in [0.1, 0.15) is 13.3 Å². The molecule has 0 bridgehead atoms. The van der Waals surface area contributed by atoms with E-state index in [4.69, 9.17) is 4.74 Å². The third-order valence-electron chi connectivity index (χ3n) is 3.92. The van der Waals surface area contributed by atoms with Gasteiger partial charge in [0.15, 0.2) is 5.78 Å². The molecule has 0 atom stereocenters. The molecule has 2 aromatic carbocycles. The average molecular weight is 313 g/mol. The highest BCUT2D eigenvalue weighted by atomic mass is 19.1. The van der Waals surface area contributed by atoms with Crippen molar-refractivity contribution in [3.05, 3.63) is 59.7 Å². The second-order valence-electron chi connectivity index (χ2n) is 5.35. The van der Waals surface area contributed by atoms with Crippen molar-refractivity contribution in [2.45, 2.75) is 5.92 Å². The van der Waals surface area contributed by atoms with Crippen LogP contribution in [0.25, 0.3) is 11.1 Å². The quantitative estimate of drug-likeness (QED) is 0.923. The fourth-order valence-electron chi connectivity index (χ4n) is 2.87. The predicted molar refractivity (Wildman–Crippen MR) is 84.1 cm³/mol. The number of nitrogens with one attached hydrogen (secondary N) is 1. The van der Waals surface area contributed by atoms with E-state index < -0.39 is 18.6 Å². The smallest absolute Gasteiger partial charge is 0.407 e. The Labute approximate surface area is 133 Å². The summed E-state index contributed by atoms with van der Waals surface area (Å²) < 4.78 is 17.3. The van der Waals surface area contributed by atoms with Crippen LogP contribution in [0.5, 0.6) is 0 Å². The number of amides is 1. The van der Waals surface area contributed by atoms with E-state index in [1.54, 1.807) is 0 Å². The van der Waals surface area contributed by atoms with Crippen molar-refractivity contribution in [3.8, 4) is 11.1 Å². The number of Topliss-reactive ketones (excluding diaryl/α,β-unsaturated/α-hetero) is 1. The van der Waals surface area contributed by atoms with Gasteiger partial charge in [-0.2, -0.15) is 0 Å². The molecular formula is C18H16FNO3. The maximum Gasteiger partial charge on any atom is 0.407 e. The fraction of sp³-hybridized carbons (Fsp3) is 0.222. The lowest BCUT2D eigenvalue weighted by atomic mass is 9.98. The Bertz CT molecular complexity index is 699. The van der Waals surface area contributed by atoms with E-state index in [0.29, 0.717) is 0 Å². The number of carbonyl (C=O) groups excluding carboxylic acids is 2. The van der Waals surface area contributed by atoms with Crippen molar-refractivity contribution >= 4 is 11.9 Å². The number of fused-ring (bicyclic) bond motifs is 3. The largest absolute Gasteiger partial charge is 0.449 e. The van der Waals surface area contributed by atoms with Crippen LogP contribution in [-0.2, 0) is 9.53 Å². The summed E-state index contributed by atoms with van der Waals surface area (Å²) in [6.45, 7) is -1.28. The molecule has 0 heterocycles. The van der Waals surface area contributed by atoms with E-state index >= 15 is 0 Å². The second-order valence-corrected chi connectivity index (χ2v) is 5.35. The zero-order valence-corrected chi connectivity index (χ0v) is 12.4. The van der Waals surface area contributed by atoms with Gasteiger partial charge in [0, 0.05) is 5.92 Å². The summed E-state index contributed by atoms with van der Waals surface area (Å²) in [6.07, 6.45) is -0.714. The van der Waals surface area contributed by atoms with E-state index in [1.807, 2.05) is 48.5 Å². The molecule has 1 amide bonds. The minimum Gasteiger partial charge on any atom is -0.449 e. The Morgan fingerprint density at radius 1 is 1.00 bits per heavy atom. The molecule has 0 fully saturated rings. The molecule has 4 nitrogen and oxygen atoms in total. The summed E-state index contributed by atoms with van der Waals surface area (Å²) in [5.74, 6) is -0.719. The topological polar surface area (TPSA) is 55.4 Å². The van der Waals surface area contributed by atoms with Crippen molar-refractivity contribution in [2.24, 2.45) is 0 Å². The van der Waals surface area contributed by atoms with Gasteiger partial charge in [-0.15, -0.1) is 0 Å². The Hall–Kier alpha value is -2.69. The lowest BCUT2D eigenvalue weighted by Gasteiger charge is -2.14. The van der Waals surface area contributed by atoms with E-state index in [9.17, 15) is 14.0 Å². The predicted octanol–water partition coefficient (Wildman–Crippen LogP) is 3.06. The Kier molecular flexibility index (Phi) is 4.37. The number of halogens is 1. The zero-order valence-electron chi connectivity index (χ0n) is 12.4. The molecule has 118 valence electrons. The molecule has 1 N–H and O–H groups in total. The van der Waals surface area contributed by atoms with Gasteiger partial charge in [-0.25, -0.2) is 9.18 Å². The lowest BCUT2D eigenvalue weighted by Crippen LogP contribution is -2.31. The van der Waals surface area contributed by atoms with Crippen molar-refractivity contribution in [1.29, 1.82) is 0 Å². The highest BCUT2D eigenvalue weighted by molar-refractivity contribution is 5.85. The molecule has 0 saturated heterocycles. The molecule has 3 rings (SSSR count). The zero-order chi connectivity index (χ0) is 16.2. The first kappa shape index (κ1) is 15.2. The molecule has 1 aliphatic rings. The first-order valence-electron chi connectivity index (χ1n) is 7.37. The molecule has 0 saturated carbocycles. The van der Waals surface area contributed by atoms with Crippen LogP contribution in [0.3, 0.4) is 0 Å². The third kappa shape index (κ3) is 3.08. The molecular weight excluding hydrogens is 297 g/mol. The van der Waals surface area contributed by atoms with E-state index in [-0.39, 0.29) is 19.1 Å². The van der Waals surface area contributed by atoms with Crippen LogP contribution in [0.2, 0.25) is 0 Å². The average Bonchev–Trinajstić information content (AvgIpc) is 2.92. The molecule has 0 aromatic heterocycles. The number of alkyl halides is 1. The fourth-order valence-corrected chi connectivity index (χ4v) is 2.87. The summed E-state index contributed by atoms with van der Waals surface area (Å²) in [5.41, 5.74) is 4.51. The third-order valence-corrected chi connectivity index (χ3v) is 3.92. The maximum atomic E-state index is 12.1. The second kappa shape index (κ2) is 6.60. The van der Waals surface area contributed by atoms with Gasteiger partial charge in [0.05, 0.1) is 6.54 Å². The van der Waals surface area contributed by atoms with Crippen molar-refractivity contribution in [3.63, 3.8) is 0 Å². The Balaban J connectivity index is 1.71. The van der Waals surface area contributed by atoms with Crippen molar-refractivity contribution in [1.82, 2.24) is 5.32 Å². The van der Waals surface area contributed by atoms with Gasteiger partial charge >= 0.3 is 6.09 Å². The van der Waals surface area contributed by atoms with Crippen LogP contribution in [0.1, 0.15) is 17.0 Å². The van der Waals surface area contributed by atoms with E-state index in [2.05, 4.69) is 5.32 Å². The summed E-state index contributed by atoms with van der Waals surface area (Å²) in [6, 6.07) is 16.0. The van der Waals surface area contributed by atoms with Crippen LogP contribution >= 0.6 is 0 Å². The number of hydrogen-bond acceptors (Lipinski definition) is 3. The van der Waals surface area contributed by atoms with Crippen LogP contribution < -0.4 is 5.32 Å². The normalized spacial score (nSPS) is 12.4. The van der Waals surface area contributed by atoms with Crippen LogP contribution in [0.4, 0.5) is 9.18 Å². The number of ketones is 1. The number of hydrogen-bond donors (Lipinski definition) is 1. The van der Waals surface area contributed by atoms with Crippen LogP contribution in [-0.4, -0.2) is 31.7 Å². The van der Waals surface area contributed by atoms with E-state index in [0.717, 1.165) is 22.3 Å². The summed E-state index contributed by atoms with van der Waals surface area (Å²) in [4.78, 5) is 22.5. The van der Waals surface area contributed by atoms with Crippen LogP contribution in [0.15, 0.2) is 48.5 Å². The molecule has 0 radical (unpaired) electrons. The highest BCUT2D eigenvalue weighted by Crippen LogP contribution is 2.44. The van der Waals surface area contributed by atoms with Crippen LogP contribution in [0, 0.1) is 0 Å². The summed E-state index contributed by atoms with van der Waals surface area (Å²) in [7, 11) is 0. The number of benzene rings is 2. The number of rotatable bonds is 5. The van der Waals surface area contributed by atoms with Gasteiger partial charge in [-0.3, -0.25) is 4.79 Å². The Morgan fingerprint density at radius 3 is 2.13 bits per heavy atom. The van der Waals surface area contributed by atoms with Gasteiger partial charge < -0.3 is 10.1 Å².